The van der Waals surface area contributed by atoms with Crippen molar-refractivity contribution in [2.75, 3.05) is 18.5 Å². The van der Waals surface area contributed by atoms with Crippen LogP contribution in [0, 0.1) is 0 Å². The summed E-state index contributed by atoms with van der Waals surface area (Å²) in [6.45, 7) is 5.28. The molecule has 1 aromatic heterocycles. The van der Waals surface area contributed by atoms with E-state index < -0.39 is 0 Å². The van der Waals surface area contributed by atoms with Gasteiger partial charge in [0.1, 0.15) is 11.6 Å². The molecule has 1 saturated carbocycles. The van der Waals surface area contributed by atoms with Gasteiger partial charge in [-0.3, -0.25) is 4.79 Å². The van der Waals surface area contributed by atoms with Crippen LogP contribution in [0.4, 0.5) is 5.82 Å². The van der Waals surface area contributed by atoms with Crippen molar-refractivity contribution >= 4 is 5.82 Å². The highest BCUT2D eigenvalue weighted by atomic mass is 16.5. The number of aromatic nitrogens is 2. The van der Waals surface area contributed by atoms with Crippen LogP contribution in [0.25, 0.3) is 0 Å². The summed E-state index contributed by atoms with van der Waals surface area (Å²) in [5.41, 5.74) is -0.0898. The molecular formula is C12H19N3O2. The Morgan fingerprint density at radius 2 is 2.41 bits per heavy atom. The van der Waals surface area contributed by atoms with E-state index in [4.69, 9.17) is 4.74 Å². The highest BCUT2D eigenvalue weighted by Crippen LogP contribution is 2.37. The minimum absolute atomic E-state index is 0.0898. The summed E-state index contributed by atoms with van der Waals surface area (Å²) >= 11 is 0. The number of anilines is 1. The normalized spacial score (nSPS) is 16.8. The van der Waals surface area contributed by atoms with Crippen molar-refractivity contribution in [3.8, 4) is 0 Å². The maximum atomic E-state index is 11.5. The summed E-state index contributed by atoms with van der Waals surface area (Å²) in [6.07, 6.45) is 2.25. The van der Waals surface area contributed by atoms with Crippen molar-refractivity contribution in [3.05, 3.63) is 22.2 Å². The van der Waals surface area contributed by atoms with E-state index >= 15 is 0 Å². The third-order valence-corrected chi connectivity index (χ3v) is 2.69. The van der Waals surface area contributed by atoms with Crippen molar-refractivity contribution in [3.63, 3.8) is 0 Å². The molecule has 0 spiro atoms. The summed E-state index contributed by atoms with van der Waals surface area (Å²) < 4.78 is 5.31. The van der Waals surface area contributed by atoms with Gasteiger partial charge in [-0.15, -0.1) is 0 Å². The summed E-state index contributed by atoms with van der Waals surface area (Å²) in [5.74, 6) is 1.90. The van der Waals surface area contributed by atoms with Crippen LogP contribution in [0.5, 0.6) is 0 Å². The summed E-state index contributed by atoms with van der Waals surface area (Å²) in [7, 11) is 0. The first-order chi connectivity index (χ1) is 8.19. The number of hydrogen-bond acceptors (Lipinski definition) is 4. The van der Waals surface area contributed by atoms with E-state index in [1.54, 1.807) is 0 Å². The molecule has 0 amide bonds. The molecule has 1 aromatic rings. The zero-order valence-corrected chi connectivity index (χ0v) is 10.3. The van der Waals surface area contributed by atoms with Gasteiger partial charge in [-0.1, -0.05) is 0 Å². The second kappa shape index (κ2) is 5.31. The second-order valence-corrected chi connectivity index (χ2v) is 4.49. The Balaban J connectivity index is 2.02. The molecule has 1 unspecified atom stereocenters. The number of rotatable bonds is 6. The van der Waals surface area contributed by atoms with E-state index in [0.29, 0.717) is 24.9 Å². The second-order valence-electron chi connectivity index (χ2n) is 4.49. The molecule has 2 rings (SSSR count). The number of aromatic amines is 1. The van der Waals surface area contributed by atoms with Crippen LogP contribution < -0.4 is 10.9 Å². The van der Waals surface area contributed by atoms with Crippen molar-refractivity contribution in [1.29, 1.82) is 0 Å². The smallest absolute Gasteiger partial charge is 0.252 e. The molecule has 1 aliphatic carbocycles. The molecule has 0 aliphatic heterocycles. The SMILES string of the molecule is CCOCC(C)Nc1cc(=O)[nH]c(C2CC2)n1. The lowest BCUT2D eigenvalue weighted by atomic mass is 10.3. The maximum Gasteiger partial charge on any atom is 0.252 e. The first-order valence-corrected chi connectivity index (χ1v) is 6.14. The van der Waals surface area contributed by atoms with Gasteiger partial charge >= 0.3 is 0 Å². The zero-order chi connectivity index (χ0) is 12.3. The Morgan fingerprint density at radius 3 is 3.06 bits per heavy atom. The van der Waals surface area contributed by atoms with Gasteiger partial charge in [-0.2, -0.15) is 0 Å². The van der Waals surface area contributed by atoms with Gasteiger partial charge < -0.3 is 15.0 Å². The number of hydrogen-bond donors (Lipinski definition) is 2. The van der Waals surface area contributed by atoms with Gasteiger partial charge in [0.2, 0.25) is 0 Å². The molecule has 1 atom stereocenters. The molecule has 0 aromatic carbocycles. The molecule has 1 heterocycles. The Bertz CT molecular complexity index is 426. The highest BCUT2D eigenvalue weighted by molar-refractivity contribution is 5.35. The summed E-state index contributed by atoms with van der Waals surface area (Å²) in [4.78, 5) is 18.7. The molecule has 5 heteroatoms. The van der Waals surface area contributed by atoms with E-state index in [9.17, 15) is 4.79 Å². The summed E-state index contributed by atoms with van der Waals surface area (Å²) in [6, 6.07) is 1.64. The molecular weight excluding hydrogens is 218 g/mol. The van der Waals surface area contributed by atoms with Crippen LogP contribution in [0.15, 0.2) is 10.9 Å². The van der Waals surface area contributed by atoms with Crippen molar-refractivity contribution in [1.82, 2.24) is 9.97 Å². The van der Waals surface area contributed by atoms with Gasteiger partial charge in [-0.05, 0) is 26.7 Å². The van der Waals surface area contributed by atoms with Crippen molar-refractivity contribution < 1.29 is 4.74 Å². The lowest BCUT2D eigenvalue weighted by molar-refractivity contribution is 0.141. The topological polar surface area (TPSA) is 67.0 Å². The van der Waals surface area contributed by atoms with Gasteiger partial charge in [0, 0.05) is 24.6 Å². The Labute approximate surface area is 101 Å². The fourth-order valence-corrected chi connectivity index (χ4v) is 1.69. The first-order valence-electron chi connectivity index (χ1n) is 6.14. The lowest BCUT2D eigenvalue weighted by Crippen LogP contribution is -2.24. The van der Waals surface area contributed by atoms with Crippen LogP contribution >= 0.6 is 0 Å². The van der Waals surface area contributed by atoms with Crippen LogP contribution in [0.2, 0.25) is 0 Å². The lowest BCUT2D eigenvalue weighted by Gasteiger charge is -2.14. The Morgan fingerprint density at radius 1 is 1.65 bits per heavy atom. The predicted octanol–water partition coefficient (Wildman–Crippen LogP) is 1.48. The summed E-state index contributed by atoms with van der Waals surface area (Å²) in [5, 5.41) is 3.18. The molecule has 94 valence electrons. The maximum absolute atomic E-state index is 11.5. The number of H-pyrrole nitrogens is 1. The average molecular weight is 237 g/mol. The van der Waals surface area contributed by atoms with Gasteiger partial charge in [0.15, 0.2) is 0 Å². The molecule has 0 bridgehead atoms. The number of ether oxygens (including phenoxy) is 1. The van der Waals surface area contributed by atoms with Crippen LogP contribution in [-0.4, -0.2) is 29.2 Å². The largest absolute Gasteiger partial charge is 0.380 e. The standard InChI is InChI=1S/C12H19N3O2/c1-3-17-7-8(2)13-10-6-11(16)15-12(14-10)9-4-5-9/h6,8-9H,3-5,7H2,1-2H3,(H2,13,14,15,16). The fourth-order valence-electron chi connectivity index (χ4n) is 1.69. The van der Waals surface area contributed by atoms with Crippen LogP contribution in [-0.2, 0) is 4.74 Å². The minimum atomic E-state index is -0.0898. The van der Waals surface area contributed by atoms with Crippen LogP contribution in [0.1, 0.15) is 38.4 Å². The fraction of sp³-hybridized carbons (Fsp3) is 0.667. The highest BCUT2D eigenvalue weighted by Gasteiger charge is 2.26. The number of nitrogens with one attached hydrogen (secondary N) is 2. The Hall–Kier alpha value is -1.36. The van der Waals surface area contributed by atoms with E-state index in [-0.39, 0.29) is 11.6 Å². The van der Waals surface area contributed by atoms with E-state index in [1.165, 1.54) is 6.07 Å². The molecule has 0 saturated heterocycles. The molecule has 0 radical (unpaired) electrons. The average Bonchev–Trinajstić information content (AvgIpc) is 3.09. The molecule has 5 nitrogen and oxygen atoms in total. The minimum Gasteiger partial charge on any atom is -0.380 e. The van der Waals surface area contributed by atoms with E-state index in [1.807, 2.05) is 13.8 Å². The third kappa shape index (κ3) is 3.56. The third-order valence-electron chi connectivity index (χ3n) is 2.69. The molecule has 1 aliphatic rings. The molecule has 1 fully saturated rings. The van der Waals surface area contributed by atoms with Crippen LogP contribution in [0.3, 0.4) is 0 Å². The molecule has 2 N–H and O–H groups in total. The van der Waals surface area contributed by atoms with Gasteiger partial charge in [-0.25, -0.2) is 4.98 Å². The van der Waals surface area contributed by atoms with Gasteiger partial charge in [0.25, 0.3) is 5.56 Å². The van der Waals surface area contributed by atoms with Crippen molar-refractivity contribution in [2.45, 2.75) is 38.6 Å². The van der Waals surface area contributed by atoms with E-state index in [0.717, 1.165) is 18.7 Å². The number of nitrogens with zero attached hydrogens (tertiary/aromatic N) is 1. The van der Waals surface area contributed by atoms with Gasteiger partial charge in [0.05, 0.1) is 6.61 Å². The first kappa shape index (κ1) is 12.1. The van der Waals surface area contributed by atoms with Crippen molar-refractivity contribution in [2.24, 2.45) is 0 Å². The molecule has 17 heavy (non-hydrogen) atoms. The predicted molar refractivity (Wildman–Crippen MR) is 66.4 cm³/mol. The zero-order valence-electron chi connectivity index (χ0n) is 10.3. The van der Waals surface area contributed by atoms with E-state index in [2.05, 4.69) is 15.3 Å². The quantitative estimate of drug-likeness (QED) is 0.786. The Kier molecular flexibility index (Phi) is 3.78. The monoisotopic (exact) mass is 237 g/mol.